The van der Waals surface area contributed by atoms with Crippen LogP contribution in [0.5, 0.6) is 5.75 Å². The molecule has 118 valence electrons. The van der Waals surface area contributed by atoms with E-state index in [-0.39, 0.29) is 11.5 Å². The van der Waals surface area contributed by atoms with Crippen LogP contribution in [0.1, 0.15) is 13.3 Å². The van der Waals surface area contributed by atoms with Gasteiger partial charge in [-0.3, -0.25) is 4.79 Å². The summed E-state index contributed by atoms with van der Waals surface area (Å²) in [7, 11) is -2.29. The Morgan fingerprint density at radius 1 is 1.33 bits per heavy atom. The number of ether oxygens (including phenoxy) is 1. The Morgan fingerprint density at radius 2 is 1.95 bits per heavy atom. The number of methoxy groups -OCH3 is 1. The zero-order valence-corrected chi connectivity index (χ0v) is 12.8. The molecule has 0 aliphatic heterocycles. The summed E-state index contributed by atoms with van der Waals surface area (Å²) >= 11 is 0. The molecule has 0 saturated carbocycles. The van der Waals surface area contributed by atoms with Crippen LogP contribution in [-0.4, -0.2) is 45.7 Å². The first kappa shape index (κ1) is 17.4. The van der Waals surface area contributed by atoms with Gasteiger partial charge >= 0.3 is 0 Å². The number of amides is 1. The van der Waals surface area contributed by atoms with Crippen LogP contribution in [0.3, 0.4) is 0 Å². The van der Waals surface area contributed by atoms with Crippen molar-refractivity contribution in [1.82, 2.24) is 10.0 Å². The number of rotatable bonds is 8. The lowest BCUT2D eigenvalue weighted by Gasteiger charge is -2.14. The summed E-state index contributed by atoms with van der Waals surface area (Å²) in [6, 6.07) is 4.95. The lowest BCUT2D eigenvalue weighted by Crippen LogP contribution is -2.45. The largest absolute Gasteiger partial charge is 0.497 e. The highest BCUT2D eigenvalue weighted by Crippen LogP contribution is 2.15. The normalized spacial score (nSPS) is 12.7. The third-order valence-corrected chi connectivity index (χ3v) is 4.29. The van der Waals surface area contributed by atoms with Crippen LogP contribution in [0.2, 0.25) is 0 Å². The standard InChI is InChI=1S/C13H20N2O5S/c1-10(13(17)14-8-3-9-16)15-21(18,19)12-6-4-11(20-2)5-7-12/h4-7,10,15-16H,3,8-9H2,1-2H3,(H,14,17). The van der Waals surface area contributed by atoms with Crippen molar-refractivity contribution in [2.24, 2.45) is 0 Å². The molecule has 1 aromatic rings. The van der Waals surface area contributed by atoms with E-state index in [4.69, 9.17) is 9.84 Å². The first-order chi connectivity index (χ1) is 9.90. The molecule has 1 atom stereocenters. The van der Waals surface area contributed by atoms with E-state index in [1.807, 2.05) is 0 Å². The van der Waals surface area contributed by atoms with E-state index in [0.29, 0.717) is 18.7 Å². The summed E-state index contributed by atoms with van der Waals surface area (Å²) in [5, 5.41) is 11.2. The molecule has 3 N–H and O–H groups in total. The average Bonchev–Trinajstić information content (AvgIpc) is 2.47. The van der Waals surface area contributed by atoms with Gasteiger partial charge in [0.15, 0.2) is 0 Å². The fraction of sp³-hybridized carbons (Fsp3) is 0.462. The molecule has 21 heavy (non-hydrogen) atoms. The molecule has 7 nitrogen and oxygen atoms in total. The second kappa shape index (κ2) is 7.96. The molecule has 1 aromatic carbocycles. The lowest BCUT2D eigenvalue weighted by atomic mass is 10.3. The maximum absolute atomic E-state index is 12.1. The zero-order valence-electron chi connectivity index (χ0n) is 12.0. The highest BCUT2D eigenvalue weighted by molar-refractivity contribution is 7.89. The van der Waals surface area contributed by atoms with Crippen molar-refractivity contribution >= 4 is 15.9 Å². The number of carbonyl (C=O) groups excluding carboxylic acids is 1. The van der Waals surface area contributed by atoms with Crippen molar-refractivity contribution in [3.8, 4) is 5.75 Å². The molecule has 0 aliphatic rings. The molecule has 0 bridgehead atoms. The van der Waals surface area contributed by atoms with Crippen molar-refractivity contribution in [3.63, 3.8) is 0 Å². The molecule has 1 amide bonds. The predicted molar refractivity (Wildman–Crippen MR) is 77.5 cm³/mol. The zero-order chi connectivity index (χ0) is 15.9. The molecule has 1 unspecified atom stereocenters. The van der Waals surface area contributed by atoms with Crippen LogP contribution in [0.25, 0.3) is 0 Å². The van der Waals surface area contributed by atoms with Gasteiger partial charge in [0.2, 0.25) is 15.9 Å². The number of hydrogen-bond acceptors (Lipinski definition) is 5. The maximum atomic E-state index is 12.1. The Labute approximate surface area is 124 Å². The summed E-state index contributed by atoms with van der Waals surface area (Å²) in [5.41, 5.74) is 0. The number of aliphatic hydroxyl groups excluding tert-OH is 1. The van der Waals surface area contributed by atoms with Crippen LogP contribution >= 0.6 is 0 Å². The van der Waals surface area contributed by atoms with Gasteiger partial charge in [-0.1, -0.05) is 0 Å². The van der Waals surface area contributed by atoms with Crippen LogP contribution in [0.4, 0.5) is 0 Å². The summed E-state index contributed by atoms with van der Waals surface area (Å²) in [4.78, 5) is 11.7. The van der Waals surface area contributed by atoms with Crippen molar-refractivity contribution in [3.05, 3.63) is 24.3 Å². The molecule has 0 radical (unpaired) electrons. The van der Waals surface area contributed by atoms with Crippen LogP contribution in [-0.2, 0) is 14.8 Å². The molecule has 0 spiro atoms. The highest BCUT2D eigenvalue weighted by Gasteiger charge is 2.21. The van der Waals surface area contributed by atoms with Crippen molar-refractivity contribution in [2.75, 3.05) is 20.3 Å². The van der Waals surface area contributed by atoms with E-state index in [2.05, 4.69) is 10.0 Å². The first-order valence-corrected chi connectivity index (χ1v) is 7.94. The minimum absolute atomic E-state index is 0.0355. The Morgan fingerprint density at radius 3 is 2.48 bits per heavy atom. The topological polar surface area (TPSA) is 105 Å². The van der Waals surface area contributed by atoms with Gasteiger partial charge in [-0.15, -0.1) is 0 Å². The Balaban J connectivity index is 2.68. The SMILES string of the molecule is COc1ccc(S(=O)(=O)NC(C)C(=O)NCCCO)cc1. The van der Waals surface area contributed by atoms with Crippen molar-refractivity contribution in [1.29, 1.82) is 0 Å². The molecule has 0 saturated heterocycles. The molecule has 0 heterocycles. The predicted octanol–water partition coefficient (Wildman–Crippen LogP) is -0.139. The van der Waals surface area contributed by atoms with Crippen molar-refractivity contribution in [2.45, 2.75) is 24.3 Å². The molecule has 8 heteroatoms. The Kier molecular flexibility index (Phi) is 6.60. The number of benzene rings is 1. The first-order valence-electron chi connectivity index (χ1n) is 6.45. The fourth-order valence-electron chi connectivity index (χ4n) is 1.55. The minimum atomic E-state index is -3.78. The summed E-state index contributed by atoms with van der Waals surface area (Å²) < 4.78 is 31.5. The van der Waals surface area contributed by atoms with Crippen molar-refractivity contribution < 1.29 is 23.1 Å². The second-order valence-corrected chi connectivity index (χ2v) is 6.10. The van der Waals surface area contributed by atoms with E-state index < -0.39 is 22.0 Å². The van der Waals surface area contributed by atoms with Gasteiger partial charge in [-0.25, -0.2) is 8.42 Å². The van der Waals surface area contributed by atoms with Gasteiger partial charge in [0, 0.05) is 13.2 Å². The molecular formula is C13H20N2O5S. The van der Waals surface area contributed by atoms with Gasteiger partial charge in [0.05, 0.1) is 18.0 Å². The number of aliphatic hydroxyl groups is 1. The lowest BCUT2D eigenvalue weighted by molar-refractivity contribution is -0.122. The average molecular weight is 316 g/mol. The summed E-state index contributed by atoms with van der Waals surface area (Å²) in [6.07, 6.45) is 0.420. The Hall–Kier alpha value is -1.64. The molecule has 1 rings (SSSR count). The second-order valence-electron chi connectivity index (χ2n) is 4.39. The quantitative estimate of drug-likeness (QED) is 0.579. The molecule has 0 aliphatic carbocycles. The molecular weight excluding hydrogens is 296 g/mol. The van der Waals surface area contributed by atoms with E-state index in [0.717, 1.165) is 0 Å². The Bertz CT molecular complexity index is 556. The highest BCUT2D eigenvalue weighted by atomic mass is 32.2. The van der Waals surface area contributed by atoms with E-state index in [1.54, 1.807) is 0 Å². The van der Waals surface area contributed by atoms with Crippen LogP contribution in [0, 0.1) is 0 Å². The van der Waals surface area contributed by atoms with E-state index >= 15 is 0 Å². The molecule has 0 aromatic heterocycles. The van der Waals surface area contributed by atoms with Gasteiger partial charge in [-0.05, 0) is 37.6 Å². The minimum Gasteiger partial charge on any atom is -0.497 e. The number of hydrogen-bond donors (Lipinski definition) is 3. The van der Waals surface area contributed by atoms with Gasteiger partial charge in [0.25, 0.3) is 0 Å². The number of sulfonamides is 1. The third kappa shape index (κ3) is 5.33. The monoisotopic (exact) mass is 316 g/mol. The summed E-state index contributed by atoms with van der Waals surface area (Å²) in [5.74, 6) is 0.101. The van der Waals surface area contributed by atoms with E-state index in [1.165, 1.54) is 38.3 Å². The summed E-state index contributed by atoms with van der Waals surface area (Å²) in [6.45, 7) is 1.71. The maximum Gasteiger partial charge on any atom is 0.241 e. The fourth-order valence-corrected chi connectivity index (χ4v) is 2.76. The van der Waals surface area contributed by atoms with Gasteiger partial charge in [-0.2, -0.15) is 4.72 Å². The van der Waals surface area contributed by atoms with Gasteiger partial charge in [0.1, 0.15) is 5.75 Å². The van der Waals surface area contributed by atoms with Gasteiger partial charge < -0.3 is 15.2 Å². The number of nitrogens with one attached hydrogen (secondary N) is 2. The smallest absolute Gasteiger partial charge is 0.241 e. The molecule has 0 fully saturated rings. The van der Waals surface area contributed by atoms with Crippen LogP contribution in [0.15, 0.2) is 29.2 Å². The number of carbonyl (C=O) groups is 1. The van der Waals surface area contributed by atoms with Crippen LogP contribution < -0.4 is 14.8 Å². The third-order valence-electron chi connectivity index (χ3n) is 2.73. The van der Waals surface area contributed by atoms with E-state index in [9.17, 15) is 13.2 Å².